The minimum absolute atomic E-state index is 0.519. The van der Waals surface area contributed by atoms with E-state index in [1.165, 1.54) is 0 Å². The van der Waals surface area contributed by atoms with Crippen LogP contribution in [-0.2, 0) is 4.74 Å². The lowest BCUT2D eigenvalue weighted by molar-refractivity contribution is -0.124. The molecular weight excluding hydrogens is 134 g/mol. The summed E-state index contributed by atoms with van der Waals surface area (Å²) in [6.07, 6.45) is -0.383. The predicted octanol–water partition coefficient (Wildman–Crippen LogP) is -1.20. The highest BCUT2D eigenvalue weighted by Crippen LogP contribution is 2.19. The summed E-state index contributed by atoms with van der Waals surface area (Å²) in [5.74, 6) is 0. The first-order chi connectivity index (χ1) is 4.65. The molecule has 0 spiro atoms. The summed E-state index contributed by atoms with van der Waals surface area (Å²) in [4.78, 5) is 0. The minimum atomic E-state index is -1.42. The van der Waals surface area contributed by atoms with Crippen LogP contribution < -0.4 is 5.73 Å². The summed E-state index contributed by atoms with van der Waals surface area (Å²) in [6.45, 7) is 1.04. The fourth-order valence-electron chi connectivity index (χ4n) is 1.01. The molecule has 0 aliphatic carbocycles. The van der Waals surface area contributed by atoms with Gasteiger partial charge in [0, 0.05) is 13.2 Å². The van der Waals surface area contributed by atoms with Gasteiger partial charge in [-0.05, 0) is 12.8 Å². The van der Waals surface area contributed by atoms with Gasteiger partial charge in [0.25, 0.3) is 0 Å². The lowest BCUT2D eigenvalue weighted by Gasteiger charge is -2.34. The Labute approximate surface area is 59.6 Å². The number of hydrogen-bond donors (Lipinski definition) is 3. The third kappa shape index (κ3) is 1.46. The van der Waals surface area contributed by atoms with E-state index in [1.54, 1.807) is 0 Å². The zero-order valence-electron chi connectivity index (χ0n) is 5.79. The van der Waals surface area contributed by atoms with E-state index in [0.717, 1.165) is 0 Å². The minimum Gasteiger partial charge on any atom is -0.381 e. The normalized spacial score (nSPS) is 25.2. The highest BCUT2D eigenvalue weighted by Gasteiger charge is 2.34. The van der Waals surface area contributed by atoms with Gasteiger partial charge in [-0.25, -0.2) is 0 Å². The largest absolute Gasteiger partial charge is 0.381 e. The van der Waals surface area contributed by atoms with Crippen LogP contribution in [0.1, 0.15) is 12.8 Å². The fourth-order valence-corrected chi connectivity index (χ4v) is 1.01. The Morgan fingerprint density at radius 3 is 2.10 bits per heavy atom. The van der Waals surface area contributed by atoms with E-state index in [0.29, 0.717) is 26.1 Å². The van der Waals surface area contributed by atoms with Crippen LogP contribution in [0.4, 0.5) is 0 Å². The predicted molar refractivity (Wildman–Crippen MR) is 35.2 cm³/mol. The summed E-state index contributed by atoms with van der Waals surface area (Å²) >= 11 is 0. The van der Waals surface area contributed by atoms with Gasteiger partial charge in [0.15, 0.2) is 6.29 Å². The quantitative estimate of drug-likeness (QED) is 0.407. The number of hydrogen-bond acceptors (Lipinski definition) is 4. The van der Waals surface area contributed by atoms with Crippen LogP contribution in [0.25, 0.3) is 0 Å². The monoisotopic (exact) mass is 147 g/mol. The van der Waals surface area contributed by atoms with Crippen LogP contribution in [0.3, 0.4) is 0 Å². The van der Waals surface area contributed by atoms with Crippen molar-refractivity contribution in [2.75, 3.05) is 13.2 Å². The highest BCUT2D eigenvalue weighted by atomic mass is 16.5. The Kier molecular flexibility index (Phi) is 2.25. The molecule has 0 saturated carbocycles. The molecule has 0 radical (unpaired) electrons. The fraction of sp³-hybridized carbons (Fsp3) is 1.00. The molecule has 1 rings (SSSR count). The molecule has 10 heavy (non-hydrogen) atoms. The lowest BCUT2D eigenvalue weighted by Crippen LogP contribution is -2.54. The van der Waals surface area contributed by atoms with Gasteiger partial charge in [-0.3, -0.25) is 0 Å². The van der Waals surface area contributed by atoms with Crippen molar-refractivity contribution in [1.29, 1.82) is 0 Å². The number of nitrogens with two attached hydrogens (primary N) is 1. The van der Waals surface area contributed by atoms with Crippen molar-refractivity contribution < 1.29 is 14.9 Å². The maximum absolute atomic E-state index is 8.81. The molecule has 1 aliphatic rings. The first-order valence-electron chi connectivity index (χ1n) is 3.38. The van der Waals surface area contributed by atoms with Gasteiger partial charge < -0.3 is 20.7 Å². The standard InChI is InChI=1S/C6H13NO3/c7-6(5(8)9)1-3-10-4-2-6/h5,8-9H,1-4,7H2. The molecule has 1 fully saturated rings. The van der Waals surface area contributed by atoms with E-state index < -0.39 is 11.8 Å². The zero-order valence-corrected chi connectivity index (χ0v) is 5.79. The van der Waals surface area contributed by atoms with E-state index in [1.807, 2.05) is 0 Å². The molecule has 4 nitrogen and oxygen atoms in total. The number of aliphatic hydroxyl groups excluding tert-OH is 1. The van der Waals surface area contributed by atoms with Crippen molar-refractivity contribution >= 4 is 0 Å². The van der Waals surface area contributed by atoms with Gasteiger partial charge >= 0.3 is 0 Å². The molecule has 0 aromatic heterocycles. The van der Waals surface area contributed by atoms with Crippen LogP contribution in [0, 0.1) is 0 Å². The topological polar surface area (TPSA) is 75.7 Å². The molecule has 60 valence electrons. The first-order valence-corrected chi connectivity index (χ1v) is 3.38. The Balaban J connectivity index is 2.48. The van der Waals surface area contributed by atoms with Crippen molar-refractivity contribution in [3.63, 3.8) is 0 Å². The Bertz CT molecular complexity index is 110. The molecule has 0 unspecified atom stereocenters. The Morgan fingerprint density at radius 1 is 1.30 bits per heavy atom. The van der Waals surface area contributed by atoms with E-state index >= 15 is 0 Å². The van der Waals surface area contributed by atoms with Gasteiger partial charge in [-0.2, -0.15) is 0 Å². The molecule has 0 aromatic carbocycles. The zero-order chi connectivity index (χ0) is 7.61. The van der Waals surface area contributed by atoms with Crippen molar-refractivity contribution in [3.05, 3.63) is 0 Å². The van der Waals surface area contributed by atoms with E-state index in [-0.39, 0.29) is 0 Å². The summed E-state index contributed by atoms with van der Waals surface area (Å²) in [5.41, 5.74) is 4.79. The number of ether oxygens (including phenoxy) is 1. The summed E-state index contributed by atoms with van der Waals surface area (Å²) in [5, 5.41) is 17.6. The third-order valence-corrected chi connectivity index (χ3v) is 1.94. The molecule has 0 aromatic rings. The molecule has 0 atom stereocenters. The van der Waals surface area contributed by atoms with Crippen LogP contribution in [0.15, 0.2) is 0 Å². The lowest BCUT2D eigenvalue weighted by atomic mass is 9.91. The maximum Gasteiger partial charge on any atom is 0.169 e. The van der Waals surface area contributed by atoms with Crippen molar-refractivity contribution in [3.8, 4) is 0 Å². The highest BCUT2D eigenvalue weighted by molar-refractivity contribution is 4.88. The molecule has 4 N–H and O–H groups in total. The average Bonchev–Trinajstić information content (AvgIpc) is 1.89. The second-order valence-electron chi connectivity index (χ2n) is 2.72. The van der Waals surface area contributed by atoms with E-state index in [2.05, 4.69) is 0 Å². The molecule has 0 amide bonds. The van der Waals surface area contributed by atoms with Gasteiger partial charge in [-0.15, -0.1) is 0 Å². The van der Waals surface area contributed by atoms with Gasteiger partial charge in [0.1, 0.15) is 0 Å². The Hall–Kier alpha value is -0.160. The molecule has 0 bridgehead atoms. The number of rotatable bonds is 1. The second-order valence-corrected chi connectivity index (χ2v) is 2.72. The number of aliphatic hydroxyl groups is 2. The molecule has 4 heteroatoms. The van der Waals surface area contributed by atoms with Gasteiger partial charge in [0.05, 0.1) is 5.54 Å². The molecular formula is C6H13NO3. The second kappa shape index (κ2) is 2.84. The van der Waals surface area contributed by atoms with E-state index in [4.69, 9.17) is 20.7 Å². The van der Waals surface area contributed by atoms with Gasteiger partial charge in [0.2, 0.25) is 0 Å². The summed E-state index contributed by atoms with van der Waals surface area (Å²) < 4.78 is 5.01. The smallest absolute Gasteiger partial charge is 0.169 e. The third-order valence-electron chi connectivity index (χ3n) is 1.94. The molecule has 1 heterocycles. The maximum atomic E-state index is 8.81. The summed E-state index contributed by atoms with van der Waals surface area (Å²) in [6, 6.07) is 0. The van der Waals surface area contributed by atoms with Crippen molar-refractivity contribution in [1.82, 2.24) is 0 Å². The summed E-state index contributed by atoms with van der Waals surface area (Å²) in [7, 11) is 0. The van der Waals surface area contributed by atoms with E-state index in [9.17, 15) is 0 Å². The van der Waals surface area contributed by atoms with Crippen LogP contribution in [0.5, 0.6) is 0 Å². The average molecular weight is 147 g/mol. The van der Waals surface area contributed by atoms with Crippen LogP contribution in [0.2, 0.25) is 0 Å². The van der Waals surface area contributed by atoms with Gasteiger partial charge in [-0.1, -0.05) is 0 Å². The SMILES string of the molecule is NC1(C(O)O)CCOCC1. The van der Waals surface area contributed by atoms with Crippen LogP contribution >= 0.6 is 0 Å². The first kappa shape index (κ1) is 7.94. The van der Waals surface area contributed by atoms with Crippen molar-refractivity contribution in [2.45, 2.75) is 24.7 Å². The van der Waals surface area contributed by atoms with Crippen molar-refractivity contribution in [2.24, 2.45) is 5.73 Å². The molecule has 1 aliphatic heterocycles. The Morgan fingerprint density at radius 2 is 1.80 bits per heavy atom. The molecule has 1 saturated heterocycles. The van der Waals surface area contributed by atoms with Crippen LogP contribution in [-0.4, -0.2) is 35.3 Å².